The third kappa shape index (κ3) is 5.49. The standard InChI is InChI=1S/C60H45NO/c1-59(2)53-23-8-5-18-47(53)51-36-41(28-32-55(51)59)39-14-11-16-44(34-39)61(43-30-26-38(27-31-43)46-21-13-22-50-49-20-7-10-25-57(49)62-58(46)50)45-17-12-15-40(35-45)42-29-33-56-52(37-42)48-19-6-9-24-54(48)60(56,3)4/h5-37H,1-4H3. The van der Waals surface area contributed by atoms with Gasteiger partial charge in [0.15, 0.2) is 0 Å². The van der Waals surface area contributed by atoms with Gasteiger partial charge in [0.1, 0.15) is 11.2 Å². The molecule has 0 bridgehead atoms. The quantitative estimate of drug-likeness (QED) is 0.167. The van der Waals surface area contributed by atoms with Gasteiger partial charge in [0.05, 0.1) is 0 Å². The predicted octanol–water partition coefficient (Wildman–Crippen LogP) is 16.7. The number of anilines is 3. The minimum Gasteiger partial charge on any atom is -0.455 e. The summed E-state index contributed by atoms with van der Waals surface area (Å²) in [5.74, 6) is 0. The molecule has 12 rings (SSSR count). The molecule has 10 aromatic rings. The van der Waals surface area contributed by atoms with Crippen LogP contribution in [0.2, 0.25) is 0 Å². The van der Waals surface area contributed by atoms with Crippen molar-refractivity contribution in [1.29, 1.82) is 0 Å². The normalized spacial score (nSPS) is 14.1. The van der Waals surface area contributed by atoms with E-state index in [9.17, 15) is 0 Å². The van der Waals surface area contributed by atoms with E-state index < -0.39 is 0 Å². The Kier molecular flexibility index (Phi) is 7.96. The van der Waals surface area contributed by atoms with E-state index in [1.54, 1.807) is 0 Å². The van der Waals surface area contributed by atoms with Crippen LogP contribution >= 0.6 is 0 Å². The molecule has 296 valence electrons. The zero-order chi connectivity index (χ0) is 41.7. The molecule has 0 saturated heterocycles. The van der Waals surface area contributed by atoms with Crippen molar-refractivity contribution in [2.75, 3.05) is 4.90 Å². The minimum absolute atomic E-state index is 0.0331. The number of furan rings is 1. The average molecular weight is 796 g/mol. The molecule has 0 atom stereocenters. The summed E-state index contributed by atoms with van der Waals surface area (Å²) in [6.45, 7) is 9.37. The highest BCUT2D eigenvalue weighted by atomic mass is 16.3. The summed E-state index contributed by atoms with van der Waals surface area (Å²) < 4.78 is 6.47. The number of hydrogen-bond acceptors (Lipinski definition) is 2. The van der Waals surface area contributed by atoms with Gasteiger partial charge in [0, 0.05) is 44.2 Å². The maximum atomic E-state index is 6.47. The molecule has 2 heteroatoms. The summed E-state index contributed by atoms with van der Waals surface area (Å²) in [6.07, 6.45) is 0. The van der Waals surface area contributed by atoms with E-state index in [1.165, 1.54) is 66.8 Å². The van der Waals surface area contributed by atoms with Gasteiger partial charge in [-0.05, 0) is 127 Å². The molecule has 2 aliphatic rings. The van der Waals surface area contributed by atoms with Gasteiger partial charge in [0.2, 0.25) is 0 Å². The van der Waals surface area contributed by atoms with Crippen molar-refractivity contribution in [3.63, 3.8) is 0 Å². The fraction of sp³-hybridized carbons (Fsp3) is 0.100. The Balaban J connectivity index is 0.980. The maximum Gasteiger partial charge on any atom is 0.143 e. The van der Waals surface area contributed by atoms with Gasteiger partial charge in [-0.15, -0.1) is 0 Å². The Labute approximate surface area is 363 Å². The molecule has 0 radical (unpaired) electrons. The minimum atomic E-state index is -0.0331. The van der Waals surface area contributed by atoms with Gasteiger partial charge in [-0.25, -0.2) is 0 Å². The molecule has 0 fully saturated rings. The van der Waals surface area contributed by atoms with Crippen molar-refractivity contribution in [2.24, 2.45) is 0 Å². The average Bonchev–Trinajstić information content (AvgIpc) is 3.89. The van der Waals surface area contributed by atoms with Crippen molar-refractivity contribution >= 4 is 39.0 Å². The first-order valence-electron chi connectivity index (χ1n) is 21.7. The van der Waals surface area contributed by atoms with Gasteiger partial charge < -0.3 is 9.32 Å². The van der Waals surface area contributed by atoms with Crippen LogP contribution in [0.3, 0.4) is 0 Å². The van der Waals surface area contributed by atoms with Crippen LogP contribution in [0.5, 0.6) is 0 Å². The van der Waals surface area contributed by atoms with E-state index in [1.807, 2.05) is 12.1 Å². The van der Waals surface area contributed by atoms with Gasteiger partial charge in [-0.2, -0.15) is 0 Å². The second-order valence-corrected chi connectivity index (χ2v) is 18.1. The third-order valence-electron chi connectivity index (χ3n) is 13.9. The summed E-state index contributed by atoms with van der Waals surface area (Å²) in [7, 11) is 0. The lowest BCUT2D eigenvalue weighted by Gasteiger charge is -2.27. The van der Waals surface area contributed by atoms with E-state index in [4.69, 9.17) is 4.42 Å². The topological polar surface area (TPSA) is 16.4 Å². The largest absolute Gasteiger partial charge is 0.455 e. The summed E-state index contributed by atoms with van der Waals surface area (Å²) in [4.78, 5) is 2.40. The van der Waals surface area contributed by atoms with Crippen LogP contribution in [-0.4, -0.2) is 0 Å². The molecule has 0 unspecified atom stereocenters. The second-order valence-electron chi connectivity index (χ2n) is 18.1. The molecule has 0 saturated carbocycles. The fourth-order valence-corrected chi connectivity index (χ4v) is 10.7. The number of rotatable bonds is 6. The Morgan fingerprint density at radius 1 is 0.323 bits per heavy atom. The fourth-order valence-electron chi connectivity index (χ4n) is 10.7. The lowest BCUT2D eigenvalue weighted by atomic mass is 9.82. The molecule has 2 aliphatic carbocycles. The van der Waals surface area contributed by atoms with Crippen LogP contribution in [0.1, 0.15) is 49.9 Å². The van der Waals surface area contributed by atoms with Crippen molar-refractivity contribution in [1.82, 2.24) is 0 Å². The summed E-state index contributed by atoms with van der Waals surface area (Å²) >= 11 is 0. The number of fused-ring (bicyclic) bond motifs is 9. The maximum absolute atomic E-state index is 6.47. The molecule has 0 N–H and O–H groups in total. The predicted molar refractivity (Wildman–Crippen MR) is 260 cm³/mol. The van der Waals surface area contributed by atoms with Crippen LogP contribution in [0.15, 0.2) is 205 Å². The van der Waals surface area contributed by atoms with E-state index in [0.29, 0.717) is 0 Å². The summed E-state index contributed by atoms with van der Waals surface area (Å²) in [6, 6.07) is 73.6. The molecule has 0 amide bonds. The zero-order valence-electron chi connectivity index (χ0n) is 35.4. The molecule has 1 heterocycles. The van der Waals surface area contributed by atoms with Crippen LogP contribution in [0.25, 0.3) is 77.6 Å². The van der Waals surface area contributed by atoms with Crippen molar-refractivity contribution in [3.05, 3.63) is 222 Å². The van der Waals surface area contributed by atoms with Crippen LogP contribution in [0.4, 0.5) is 17.1 Å². The molecule has 2 nitrogen and oxygen atoms in total. The Morgan fingerprint density at radius 3 is 1.37 bits per heavy atom. The highest BCUT2D eigenvalue weighted by Crippen LogP contribution is 2.51. The van der Waals surface area contributed by atoms with E-state index >= 15 is 0 Å². The SMILES string of the molecule is CC1(C)c2ccccc2-c2cc(-c3cccc(N(c4ccc(-c5cccc6c5oc5ccccc56)cc4)c4cccc(-c5ccc6c(c5)-c5ccccc5C6(C)C)c4)c3)ccc21. The Morgan fingerprint density at radius 2 is 0.774 bits per heavy atom. The van der Waals surface area contributed by atoms with Crippen LogP contribution in [-0.2, 0) is 10.8 Å². The Bertz CT molecular complexity index is 3270. The first-order valence-corrected chi connectivity index (χ1v) is 21.7. The molecule has 62 heavy (non-hydrogen) atoms. The zero-order valence-corrected chi connectivity index (χ0v) is 35.4. The summed E-state index contributed by atoms with van der Waals surface area (Å²) in [5, 5.41) is 2.27. The van der Waals surface area contributed by atoms with Crippen molar-refractivity contribution < 1.29 is 4.42 Å². The highest BCUT2D eigenvalue weighted by molar-refractivity contribution is 6.09. The number of benzene rings is 9. The van der Waals surface area contributed by atoms with E-state index in [-0.39, 0.29) is 10.8 Å². The van der Waals surface area contributed by atoms with Crippen LogP contribution < -0.4 is 4.90 Å². The van der Waals surface area contributed by atoms with Gasteiger partial charge >= 0.3 is 0 Å². The molecule has 1 aromatic heterocycles. The lowest BCUT2D eigenvalue weighted by Crippen LogP contribution is -2.14. The molecular formula is C60H45NO. The molecule has 9 aromatic carbocycles. The van der Waals surface area contributed by atoms with E-state index in [2.05, 4.69) is 221 Å². The molecular weight excluding hydrogens is 751 g/mol. The highest BCUT2D eigenvalue weighted by Gasteiger charge is 2.36. The number of nitrogens with zero attached hydrogens (tertiary/aromatic N) is 1. The number of para-hydroxylation sites is 2. The second kappa shape index (κ2) is 13.5. The van der Waals surface area contributed by atoms with E-state index in [0.717, 1.165) is 50.1 Å². The first kappa shape index (κ1) is 36.4. The van der Waals surface area contributed by atoms with Crippen LogP contribution in [0, 0.1) is 0 Å². The lowest BCUT2D eigenvalue weighted by molar-refractivity contribution is 0.660. The molecule has 0 spiro atoms. The van der Waals surface area contributed by atoms with Crippen molar-refractivity contribution in [3.8, 4) is 55.6 Å². The Hall–Kier alpha value is -7.42. The monoisotopic (exact) mass is 795 g/mol. The van der Waals surface area contributed by atoms with Gasteiger partial charge in [-0.3, -0.25) is 0 Å². The molecule has 0 aliphatic heterocycles. The third-order valence-corrected chi connectivity index (χ3v) is 13.9. The number of hydrogen-bond donors (Lipinski definition) is 0. The van der Waals surface area contributed by atoms with Gasteiger partial charge in [-0.1, -0.05) is 173 Å². The van der Waals surface area contributed by atoms with Gasteiger partial charge in [0.25, 0.3) is 0 Å². The smallest absolute Gasteiger partial charge is 0.143 e. The van der Waals surface area contributed by atoms with Crippen molar-refractivity contribution in [2.45, 2.75) is 38.5 Å². The summed E-state index contributed by atoms with van der Waals surface area (Å²) in [5.41, 5.74) is 22.9. The first-order chi connectivity index (χ1) is 30.2.